The van der Waals surface area contributed by atoms with Crippen molar-refractivity contribution in [2.45, 2.75) is 39.5 Å². The lowest BCUT2D eigenvalue weighted by Gasteiger charge is -2.34. The van der Waals surface area contributed by atoms with E-state index in [1.807, 2.05) is 47.7 Å². The van der Waals surface area contributed by atoms with Crippen LogP contribution in [0.5, 0.6) is 0 Å². The molecule has 28 heavy (non-hydrogen) atoms. The molecule has 2 aliphatic heterocycles. The number of likely N-dealkylation sites (tertiary alicyclic amines) is 1. The molecule has 0 aliphatic carbocycles. The van der Waals surface area contributed by atoms with Crippen LogP contribution in [-0.2, 0) is 16.0 Å². The standard InChI is InChI=1S/C21H26ClN3O3/c1-14-19(15(2)25(23-14)13-16-6-3-4-8-18(16)22)20(26)24-9-5-7-17(12-24)21-27-10-11-28-21/h3-4,6,8,17,21H,5,7,9-13H2,1-2H3. The molecule has 2 fully saturated rings. The van der Waals surface area contributed by atoms with Crippen LogP contribution in [0.15, 0.2) is 24.3 Å². The fourth-order valence-electron chi connectivity index (χ4n) is 4.17. The molecule has 0 bridgehead atoms. The van der Waals surface area contributed by atoms with Crippen molar-refractivity contribution >= 4 is 17.5 Å². The SMILES string of the molecule is Cc1nn(Cc2ccccc2Cl)c(C)c1C(=O)N1CCCC(C2OCCO2)C1. The molecule has 1 aromatic heterocycles. The minimum atomic E-state index is -0.180. The number of rotatable bonds is 4. The Morgan fingerprint density at radius 1 is 1.25 bits per heavy atom. The molecule has 6 nitrogen and oxygen atoms in total. The number of amides is 1. The summed E-state index contributed by atoms with van der Waals surface area (Å²) < 4.78 is 13.2. The van der Waals surface area contributed by atoms with Gasteiger partial charge in [-0.1, -0.05) is 29.8 Å². The van der Waals surface area contributed by atoms with E-state index in [1.54, 1.807) is 0 Å². The maximum atomic E-state index is 13.3. The summed E-state index contributed by atoms with van der Waals surface area (Å²) in [4.78, 5) is 15.2. The molecule has 1 aromatic carbocycles. The monoisotopic (exact) mass is 403 g/mol. The first-order valence-electron chi connectivity index (χ1n) is 9.84. The Morgan fingerprint density at radius 2 is 2.00 bits per heavy atom. The lowest BCUT2D eigenvalue weighted by Crippen LogP contribution is -2.44. The minimum Gasteiger partial charge on any atom is -0.350 e. The van der Waals surface area contributed by atoms with Crippen molar-refractivity contribution in [3.05, 3.63) is 51.8 Å². The molecule has 3 heterocycles. The summed E-state index contributed by atoms with van der Waals surface area (Å²) >= 11 is 6.30. The van der Waals surface area contributed by atoms with Gasteiger partial charge in [0.15, 0.2) is 6.29 Å². The maximum absolute atomic E-state index is 13.3. The van der Waals surface area contributed by atoms with Crippen molar-refractivity contribution in [1.82, 2.24) is 14.7 Å². The van der Waals surface area contributed by atoms with Gasteiger partial charge in [-0.05, 0) is 38.3 Å². The molecular weight excluding hydrogens is 378 g/mol. The zero-order valence-corrected chi connectivity index (χ0v) is 17.1. The van der Waals surface area contributed by atoms with Crippen LogP contribution in [0.2, 0.25) is 5.02 Å². The topological polar surface area (TPSA) is 56.6 Å². The molecule has 0 saturated carbocycles. The van der Waals surface area contributed by atoms with Crippen molar-refractivity contribution < 1.29 is 14.3 Å². The van der Waals surface area contributed by atoms with E-state index in [2.05, 4.69) is 5.10 Å². The largest absolute Gasteiger partial charge is 0.350 e. The Morgan fingerprint density at radius 3 is 2.75 bits per heavy atom. The highest BCUT2D eigenvalue weighted by Gasteiger charge is 2.34. The van der Waals surface area contributed by atoms with Crippen LogP contribution in [0.4, 0.5) is 0 Å². The number of ether oxygens (including phenoxy) is 2. The van der Waals surface area contributed by atoms with Crippen LogP contribution >= 0.6 is 11.6 Å². The minimum absolute atomic E-state index is 0.0445. The van der Waals surface area contributed by atoms with Gasteiger partial charge in [-0.3, -0.25) is 9.48 Å². The summed E-state index contributed by atoms with van der Waals surface area (Å²) in [7, 11) is 0. The highest BCUT2D eigenvalue weighted by atomic mass is 35.5. The van der Waals surface area contributed by atoms with Crippen LogP contribution in [0.3, 0.4) is 0 Å². The van der Waals surface area contributed by atoms with Gasteiger partial charge in [-0.15, -0.1) is 0 Å². The maximum Gasteiger partial charge on any atom is 0.257 e. The number of carbonyl (C=O) groups excluding carboxylic acids is 1. The molecule has 2 saturated heterocycles. The van der Waals surface area contributed by atoms with Crippen molar-refractivity contribution in [3.8, 4) is 0 Å². The van der Waals surface area contributed by atoms with Gasteiger partial charge in [0.1, 0.15) is 0 Å². The fraction of sp³-hybridized carbons (Fsp3) is 0.524. The summed E-state index contributed by atoms with van der Waals surface area (Å²) in [5, 5.41) is 5.33. The molecule has 2 aliphatic rings. The Balaban J connectivity index is 1.52. The number of carbonyl (C=O) groups is 1. The normalized spacial score (nSPS) is 20.7. The molecule has 1 unspecified atom stereocenters. The van der Waals surface area contributed by atoms with Gasteiger partial charge in [0.2, 0.25) is 0 Å². The van der Waals surface area contributed by atoms with Crippen LogP contribution < -0.4 is 0 Å². The zero-order chi connectivity index (χ0) is 19.7. The van der Waals surface area contributed by atoms with E-state index >= 15 is 0 Å². The number of nitrogens with zero attached hydrogens (tertiary/aromatic N) is 3. The van der Waals surface area contributed by atoms with E-state index in [-0.39, 0.29) is 18.1 Å². The third-order valence-electron chi connectivity index (χ3n) is 5.65. The van der Waals surface area contributed by atoms with Crippen LogP contribution in [-0.4, -0.2) is 53.2 Å². The first-order chi connectivity index (χ1) is 13.5. The number of aryl methyl sites for hydroxylation is 1. The number of hydrogen-bond donors (Lipinski definition) is 0. The van der Waals surface area contributed by atoms with Gasteiger partial charge < -0.3 is 14.4 Å². The number of aromatic nitrogens is 2. The van der Waals surface area contributed by atoms with E-state index in [1.165, 1.54) is 0 Å². The van der Waals surface area contributed by atoms with Crippen molar-refractivity contribution in [2.75, 3.05) is 26.3 Å². The Kier molecular flexibility index (Phi) is 5.71. The molecular formula is C21H26ClN3O3. The van der Waals surface area contributed by atoms with Crippen molar-refractivity contribution in [2.24, 2.45) is 5.92 Å². The number of piperidine rings is 1. The smallest absolute Gasteiger partial charge is 0.257 e. The van der Waals surface area contributed by atoms with Gasteiger partial charge in [-0.2, -0.15) is 5.10 Å². The molecule has 0 spiro atoms. The van der Waals surface area contributed by atoms with Crippen LogP contribution in [0.25, 0.3) is 0 Å². The summed E-state index contributed by atoms with van der Waals surface area (Å²) in [6, 6.07) is 7.72. The predicted octanol–water partition coefficient (Wildman–Crippen LogP) is 3.43. The van der Waals surface area contributed by atoms with Gasteiger partial charge in [0.25, 0.3) is 5.91 Å². The highest BCUT2D eigenvalue weighted by molar-refractivity contribution is 6.31. The van der Waals surface area contributed by atoms with Gasteiger partial charge in [-0.25, -0.2) is 0 Å². The molecule has 7 heteroatoms. The molecule has 4 rings (SSSR count). The number of halogens is 1. The van der Waals surface area contributed by atoms with E-state index in [0.29, 0.717) is 36.9 Å². The molecule has 2 aromatic rings. The van der Waals surface area contributed by atoms with E-state index in [4.69, 9.17) is 21.1 Å². The zero-order valence-electron chi connectivity index (χ0n) is 16.4. The predicted molar refractivity (Wildman–Crippen MR) is 107 cm³/mol. The average molecular weight is 404 g/mol. The second kappa shape index (κ2) is 8.23. The van der Waals surface area contributed by atoms with Crippen LogP contribution in [0, 0.1) is 19.8 Å². The first-order valence-corrected chi connectivity index (χ1v) is 10.2. The van der Waals surface area contributed by atoms with E-state index < -0.39 is 0 Å². The lowest BCUT2D eigenvalue weighted by atomic mass is 9.96. The number of hydrogen-bond acceptors (Lipinski definition) is 4. The highest BCUT2D eigenvalue weighted by Crippen LogP contribution is 2.27. The molecule has 150 valence electrons. The Bertz CT molecular complexity index is 861. The summed E-state index contributed by atoms with van der Waals surface area (Å²) in [6.07, 6.45) is 1.81. The Labute approximate surface area is 170 Å². The van der Waals surface area contributed by atoms with Crippen LogP contribution in [0.1, 0.15) is 40.2 Å². The fourth-order valence-corrected chi connectivity index (χ4v) is 4.37. The Hall–Kier alpha value is -1.89. The average Bonchev–Trinajstić information content (AvgIpc) is 3.32. The number of benzene rings is 1. The quantitative estimate of drug-likeness (QED) is 0.784. The molecule has 0 radical (unpaired) electrons. The van der Waals surface area contributed by atoms with Gasteiger partial charge in [0.05, 0.1) is 31.0 Å². The van der Waals surface area contributed by atoms with Gasteiger partial charge >= 0.3 is 0 Å². The molecule has 0 N–H and O–H groups in total. The lowest BCUT2D eigenvalue weighted by molar-refractivity contribution is -0.0969. The molecule has 1 atom stereocenters. The summed E-state index contributed by atoms with van der Waals surface area (Å²) in [5.74, 6) is 0.280. The summed E-state index contributed by atoms with van der Waals surface area (Å²) in [6.45, 7) is 7.10. The van der Waals surface area contributed by atoms with E-state index in [0.717, 1.165) is 36.3 Å². The van der Waals surface area contributed by atoms with E-state index in [9.17, 15) is 4.79 Å². The molecule has 1 amide bonds. The first kappa shape index (κ1) is 19.4. The summed E-state index contributed by atoms with van der Waals surface area (Å²) in [5.41, 5.74) is 3.31. The second-order valence-corrected chi connectivity index (χ2v) is 7.97. The third-order valence-corrected chi connectivity index (χ3v) is 6.02. The third kappa shape index (κ3) is 3.81. The van der Waals surface area contributed by atoms with Gasteiger partial charge in [0, 0.05) is 29.7 Å². The van der Waals surface area contributed by atoms with Crippen molar-refractivity contribution in [1.29, 1.82) is 0 Å². The second-order valence-electron chi connectivity index (χ2n) is 7.56. The van der Waals surface area contributed by atoms with Crippen molar-refractivity contribution in [3.63, 3.8) is 0 Å².